The second kappa shape index (κ2) is 11.1. The highest BCUT2D eigenvalue weighted by Crippen LogP contribution is 2.59. The molecular weight excluding hydrogens is 448 g/mol. The standard InChI is InChI=1S/C32H48O4/c1-5-6-9-29(35)32(17-18-32)30(36)15-10-21(2)26-13-14-27-23(8-7-16-31(26,27)4)11-12-24-19-25(33)20-28(34)22(24)3/h10-12,15,21,25-28,30,33-34,36H,3,5-9,13-14,16-20H2,1-2,4H3/t21-,25-,26-,27+,28+,30+,31-/m1/s1. The first-order valence-corrected chi connectivity index (χ1v) is 14.5. The lowest BCUT2D eigenvalue weighted by molar-refractivity contribution is -0.127. The number of allylic oxidation sites excluding steroid dienone is 4. The van der Waals surface area contributed by atoms with E-state index in [0.29, 0.717) is 37.0 Å². The molecule has 0 saturated heterocycles. The summed E-state index contributed by atoms with van der Waals surface area (Å²) in [6, 6.07) is 0. The average Bonchev–Trinajstić information content (AvgIpc) is 3.58. The molecule has 4 aliphatic carbocycles. The third kappa shape index (κ3) is 5.37. The second-order valence-electron chi connectivity index (χ2n) is 12.5. The third-order valence-electron chi connectivity index (χ3n) is 10.2. The van der Waals surface area contributed by atoms with Gasteiger partial charge in [0.1, 0.15) is 5.78 Å². The van der Waals surface area contributed by atoms with Gasteiger partial charge in [0, 0.05) is 12.8 Å². The molecule has 200 valence electrons. The van der Waals surface area contributed by atoms with Crippen molar-refractivity contribution in [3.05, 3.63) is 47.6 Å². The first-order chi connectivity index (χ1) is 17.1. The number of aliphatic hydroxyl groups is 3. The van der Waals surface area contributed by atoms with Crippen LogP contribution < -0.4 is 0 Å². The van der Waals surface area contributed by atoms with E-state index in [-0.39, 0.29) is 11.2 Å². The molecule has 4 nitrogen and oxygen atoms in total. The maximum absolute atomic E-state index is 12.7. The zero-order chi connectivity index (χ0) is 26.1. The van der Waals surface area contributed by atoms with Gasteiger partial charge in [0.2, 0.25) is 0 Å². The Balaban J connectivity index is 1.44. The van der Waals surface area contributed by atoms with Crippen molar-refractivity contribution in [3.63, 3.8) is 0 Å². The van der Waals surface area contributed by atoms with Crippen molar-refractivity contribution in [2.45, 2.75) is 116 Å². The van der Waals surface area contributed by atoms with E-state index in [1.807, 2.05) is 6.08 Å². The molecule has 7 atom stereocenters. The first-order valence-electron chi connectivity index (χ1n) is 14.5. The van der Waals surface area contributed by atoms with Crippen molar-refractivity contribution in [3.8, 4) is 0 Å². The highest BCUT2D eigenvalue weighted by Gasteiger charge is 2.54. The molecule has 0 unspecified atom stereocenters. The van der Waals surface area contributed by atoms with Gasteiger partial charge in [-0.05, 0) is 92.1 Å². The van der Waals surface area contributed by atoms with Crippen molar-refractivity contribution in [1.29, 1.82) is 0 Å². The van der Waals surface area contributed by atoms with Gasteiger partial charge in [-0.3, -0.25) is 4.79 Å². The minimum Gasteiger partial charge on any atom is -0.393 e. The third-order valence-corrected chi connectivity index (χ3v) is 10.2. The fourth-order valence-electron chi connectivity index (χ4n) is 7.67. The number of rotatable bonds is 9. The van der Waals surface area contributed by atoms with Crippen LogP contribution in [0.2, 0.25) is 0 Å². The average molecular weight is 497 g/mol. The van der Waals surface area contributed by atoms with E-state index in [1.54, 1.807) is 0 Å². The zero-order valence-corrected chi connectivity index (χ0v) is 22.7. The van der Waals surface area contributed by atoms with Crippen LogP contribution in [0, 0.1) is 28.6 Å². The molecule has 4 rings (SSSR count). The Morgan fingerprint density at radius 3 is 2.61 bits per heavy atom. The lowest BCUT2D eigenvalue weighted by Gasteiger charge is -2.44. The van der Waals surface area contributed by atoms with Crippen molar-refractivity contribution >= 4 is 5.78 Å². The number of carbonyl (C=O) groups excluding carboxylic acids is 1. The van der Waals surface area contributed by atoms with Crippen LogP contribution in [0.4, 0.5) is 0 Å². The predicted octanol–water partition coefficient (Wildman–Crippen LogP) is 6.22. The minimum atomic E-state index is -0.656. The summed E-state index contributed by atoms with van der Waals surface area (Å²) < 4.78 is 0. The summed E-state index contributed by atoms with van der Waals surface area (Å²) in [4.78, 5) is 12.7. The molecule has 3 N–H and O–H groups in total. The second-order valence-corrected chi connectivity index (χ2v) is 12.5. The molecule has 0 aromatic carbocycles. The van der Waals surface area contributed by atoms with Crippen LogP contribution in [-0.4, -0.2) is 39.4 Å². The number of hydrogen-bond acceptors (Lipinski definition) is 4. The van der Waals surface area contributed by atoms with Crippen LogP contribution in [0.1, 0.15) is 97.8 Å². The predicted molar refractivity (Wildman–Crippen MR) is 145 cm³/mol. The molecule has 0 amide bonds. The van der Waals surface area contributed by atoms with E-state index in [0.717, 1.165) is 43.3 Å². The molecule has 0 spiro atoms. The Morgan fingerprint density at radius 1 is 1.17 bits per heavy atom. The highest BCUT2D eigenvalue weighted by molar-refractivity contribution is 5.88. The van der Waals surface area contributed by atoms with Crippen LogP contribution in [0.15, 0.2) is 47.6 Å². The minimum absolute atomic E-state index is 0.230. The van der Waals surface area contributed by atoms with Gasteiger partial charge in [0.25, 0.3) is 0 Å². The number of Topliss-reactive ketones (excluding diaryl/α,β-unsaturated/α-hetero) is 1. The quantitative estimate of drug-likeness (QED) is 0.331. The topological polar surface area (TPSA) is 77.8 Å². The molecule has 4 heteroatoms. The summed E-state index contributed by atoms with van der Waals surface area (Å²) in [7, 11) is 0. The van der Waals surface area contributed by atoms with Gasteiger partial charge in [-0.2, -0.15) is 0 Å². The number of hydrogen-bond donors (Lipinski definition) is 3. The SMILES string of the molecule is C=C1C(=CC=C2CCC[C@]3(C)[C@@H]([C@H](C)C=C[C@H](O)C4(C(=O)CCCC)CC4)CC[C@@H]23)C[C@@H](O)C[C@@H]1O. The summed E-state index contributed by atoms with van der Waals surface area (Å²) in [5.41, 5.74) is 2.94. The van der Waals surface area contributed by atoms with Gasteiger partial charge in [0.15, 0.2) is 0 Å². The van der Waals surface area contributed by atoms with Crippen LogP contribution in [-0.2, 0) is 4.79 Å². The number of aliphatic hydroxyl groups excluding tert-OH is 3. The van der Waals surface area contributed by atoms with E-state index < -0.39 is 23.7 Å². The maximum Gasteiger partial charge on any atom is 0.141 e. The van der Waals surface area contributed by atoms with Crippen LogP contribution in [0.3, 0.4) is 0 Å². The van der Waals surface area contributed by atoms with Gasteiger partial charge >= 0.3 is 0 Å². The van der Waals surface area contributed by atoms with E-state index in [4.69, 9.17) is 0 Å². The summed E-state index contributed by atoms with van der Waals surface area (Å²) in [6.07, 6.45) is 17.7. The molecule has 0 aliphatic heterocycles. The Kier molecular flexibility index (Phi) is 8.49. The fourth-order valence-corrected chi connectivity index (χ4v) is 7.67. The van der Waals surface area contributed by atoms with Gasteiger partial charge in [0.05, 0.1) is 23.7 Å². The molecular formula is C32H48O4. The van der Waals surface area contributed by atoms with Crippen LogP contribution >= 0.6 is 0 Å². The lowest BCUT2D eigenvalue weighted by atomic mass is 9.61. The molecule has 0 bridgehead atoms. The molecule has 4 aliphatic rings. The van der Waals surface area contributed by atoms with Crippen LogP contribution in [0.25, 0.3) is 0 Å². The first kappa shape index (κ1) is 27.5. The molecule has 0 aromatic rings. The maximum atomic E-state index is 12.7. The van der Waals surface area contributed by atoms with E-state index >= 15 is 0 Å². The van der Waals surface area contributed by atoms with Crippen molar-refractivity contribution in [1.82, 2.24) is 0 Å². The molecule has 0 aromatic heterocycles. The van der Waals surface area contributed by atoms with Crippen molar-refractivity contribution in [2.75, 3.05) is 0 Å². The Hall–Kier alpha value is -1.49. The zero-order valence-electron chi connectivity index (χ0n) is 22.7. The highest BCUT2D eigenvalue weighted by atomic mass is 16.3. The monoisotopic (exact) mass is 496 g/mol. The smallest absolute Gasteiger partial charge is 0.141 e. The Bertz CT molecular complexity index is 922. The van der Waals surface area contributed by atoms with Crippen molar-refractivity contribution < 1.29 is 20.1 Å². The molecule has 4 saturated carbocycles. The van der Waals surface area contributed by atoms with E-state index in [9.17, 15) is 20.1 Å². The number of unbranched alkanes of at least 4 members (excludes halogenated alkanes) is 1. The van der Waals surface area contributed by atoms with Gasteiger partial charge < -0.3 is 15.3 Å². The largest absolute Gasteiger partial charge is 0.393 e. The van der Waals surface area contributed by atoms with E-state index in [1.165, 1.54) is 31.3 Å². The van der Waals surface area contributed by atoms with Crippen molar-refractivity contribution in [2.24, 2.45) is 28.6 Å². The van der Waals surface area contributed by atoms with Crippen LogP contribution in [0.5, 0.6) is 0 Å². The van der Waals surface area contributed by atoms with E-state index in [2.05, 4.69) is 45.6 Å². The summed E-state index contributed by atoms with van der Waals surface area (Å²) in [6.45, 7) is 10.9. The summed E-state index contributed by atoms with van der Waals surface area (Å²) >= 11 is 0. The van der Waals surface area contributed by atoms with Gasteiger partial charge in [-0.15, -0.1) is 0 Å². The normalized spacial score (nSPS) is 37.9. The summed E-state index contributed by atoms with van der Waals surface area (Å²) in [5.74, 6) is 1.71. The number of carbonyl (C=O) groups is 1. The van der Waals surface area contributed by atoms with Gasteiger partial charge in [-0.25, -0.2) is 0 Å². The summed E-state index contributed by atoms with van der Waals surface area (Å²) in [5, 5.41) is 31.2. The molecule has 4 fully saturated rings. The molecule has 0 heterocycles. The van der Waals surface area contributed by atoms with Gasteiger partial charge in [-0.1, -0.05) is 63.6 Å². The number of ketones is 1. The Morgan fingerprint density at radius 2 is 1.92 bits per heavy atom. The molecule has 36 heavy (non-hydrogen) atoms. The lowest BCUT2D eigenvalue weighted by Crippen LogP contribution is -2.35. The molecule has 0 radical (unpaired) electrons. The Labute approximate surface area is 218 Å². The number of fused-ring (bicyclic) bond motifs is 1. The fraction of sp³-hybridized carbons (Fsp3) is 0.719.